The predicted octanol–water partition coefficient (Wildman–Crippen LogP) is 11.5. The molecule has 1 N–H and O–H groups in total. The van der Waals surface area contributed by atoms with Crippen molar-refractivity contribution >= 4 is 40.0 Å². The van der Waals surface area contributed by atoms with Crippen molar-refractivity contribution in [3.05, 3.63) is 118 Å². The first kappa shape index (κ1) is 67.1. The molecule has 23 heteroatoms. The van der Waals surface area contributed by atoms with Gasteiger partial charge in [0.05, 0.1) is 46.1 Å². The second kappa shape index (κ2) is 31.9. The summed E-state index contributed by atoms with van der Waals surface area (Å²) in [7, 11) is -7.39. The number of phosphoric acid groups is 1. The number of hydrogen-bond acceptors (Lipinski definition) is 18. The van der Waals surface area contributed by atoms with E-state index in [1.807, 2.05) is 146 Å². The van der Waals surface area contributed by atoms with Crippen LogP contribution in [0.2, 0.25) is 18.1 Å². The van der Waals surface area contributed by atoms with Gasteiger partial charge in [-0.25, -0.2) is 4.57 Å². The molecule has 6 rings (SSSR count). The van der Waals surface area contributed by atoms with Crippen LogP contribution in [0.15, 0.2) is 90.0 Å². The number of azide groups is 1. The highest BCUT2D eigenvalue weighted by Crippen LogP contribution is 2.55. The summed E-state index contributed by atoms with van der Waals surface area (Å²) < 4.78 is 92.7. The zero-order valence-electron chi connectivity index (χ0n) is 50.0. The van der Waals surface area contributed by atoms with Crippen LogP contribution in [0.5, 0.6) is 0 Å². The molecule has 21 nitrogen and oxygen atoms in total. The number of benzene rings is 3. The van der Waals surface area contributed by atoms with Crippen molar-refractivity contribution in [2.45, 2.75) is 219 Å². The van der Waals surface area contributed by atoms with Gasteiger partial charge in [-0.1, -0.05) is 165 Å². The fraction of sp³-hybridized carbons (Fsp3) is 0.633. The number of nitrogens with one attached hydrogen (secondary N) is 1. The van der Waals surface area contributed by atoms with Crippen molar-refractivity contribution in [1.82, 2.24) is 5.32 Å². The Morgan fingerprint density at radius 3 is 1.78 bits per heavy atom. The van der Waals surface area contributed by atoms with Crippen LogP contribution in [0.3, 0.4) is 0 Å². The van der Waals surface area contributed by atoms with Crippen LogP contribution in [-0.4, -0.2) is 113 Å². The lowest BCUT2D eigenvalue weighted by Gasteiger charge is -2.49. The molecule has 0 radical (unpaired) electrons. The molecule has 13 atom stereocenters. The van der Waals surface area contributed by atoms with Gasteiger partial charge in [-0.3, -0.25) is 32.7 Å². The molecule has 0 spiro atoms. The first-order valence-electron chi connectivity index (χ1n) is 29.0. The molecule has 2 saturated heterocycles. The van der Waals surface area contributed by atoms with Gasteiger partial charge in [0.25, 0.3) is 0 Å². The van der Waals surface area contributed by atoms with Gasteiger partial charge in [-0.05, 0) is 64.2 Å². The van der Waals surface area contributed by atoms with Crippen molar-refractivity contribution in [3.63, 3.8) is 0 Å². The smallest absolute Gasteiger partial charge is 0.462 e. The average Bonchev–Trinajstić information content (AvgIpc) is 3.74. The number of esters is 3. The van der Waals surface area contributed by atoms with E-state index in [2.05, 4.69) is 15.3 Å². The summed E-state index contributed by atoms with van der Waals surface area (Å²) in [5.41, 5.74) is 13.2. The molecule has 3 aliphatic rings. The summed E-state index contributed by atoms with van der Waals surface area (Å²) in [5, 5.41) is 6.79. The van der Waals surface area contributed by atoms with E-state index in [-0.39, 0.29) is 82.0 Å². The topological polar surface area (TPSA) is 257 Å². The molecule has 3 aromatic carbocycles. The highest BCUT2D eigenvalue weighted by Gasteiger charge is 2.56. The van der Waals surface area contributed by atoms with Crippen LogP contribution in [0.1, 0.15) is 130 Å². The summed E-state index contributed by atoms with van der Waals surface area (Å²) in [6.45, 7) is 20.3. The Bertz CT molecular complexity index is 2610. The van der Waals surface area contributed by atoms with Gasteiger partial charge in [0.15, 0.2) is 27.0 Å². The first-order chi connectivity index (χ1) is 39.6. The summed E-state index contributed by atoms with van der Waals surface area (Å²) in [4.78, 5) is 58.8. The number of rotatable bonds is 29. The highest BCUT2D eigenvalue weighted by atomic mass is 31.2. The fourth-order valence-electron chi connectivity index (χ4n) is 9.16. The number of amides is 1. The molecule has 3 heterocycles. The summed E-state index contributed by atoms with van der Waals surface area (Å²) >= 11 is 0. The lowest BCUT2D eigenvalue weighted by atomic mass is 9.95. The number of carbonyl (C=O) groups is 4. The van der Waals surface area contributed by atoms with Crippen molar-refractivity contribution < 1.29 is 79.6 Å². The molecular weight excluding hydrogens is 1110 g/mol. The van der Waals surface area contributed by atoms with Crippen molar-refractivity contribution in [2.75, 3.05) is 13.2 Å². The van der Waals surface area contributed by atoms with Crippen LogP contribution in [0, 0.1) is 11.8 Å². The standard InChI is InChI=1S/C60H87N4O17PSi/c1-12-39(5)30-50(67)78-56-52(62-48(65)32-45(14-3)75-49(66)15-4)58(76-46(37-70-33-41-24-18-16-19-25-41)55(56)80-82(69)73-35-43-28-22-23-29-44(43)36-74-82)72-38-47-54(71-34-42-26-20-17-21-27-42)57(79-51(68)31-40(6)13-2)53(63-64-61)59(77-47)81-83(10,11)60(7,8)9/h16-29,39-40,45-47,52-59H,12-15,30-38H2,1-11H3,(H,62,65)/t39-,40-,45-,46?,47?,52?,53?,54+,55-,56-,57-,58-,59?/m1/s1. The Hall–Kier alpha value is -5.06. The lowest BCUT2D eigenvalue weighted by Crippen LogP contribution is -2.67. The summed E-state index contributed by atoms with van der Waals surface area (Å²) in [5.74, 6) is -2.60. The van der Waals surface area contributed by atoms with Crippen LogP contribution in [-0.2, 0) is 106 Å². The van der Waals surface area contributed by atoms with Gasteiger partial charge in [-0.2, -0.15) is 0 Å². The second-order valence-electron chi connectivity index (χ2n) is 23.1. The minimum atomic E-state index is -4.59. The fourth-order valence-corrected chi connectivity index (χ4v) is 11.6. The van der Waals surface area contributed by atoms with Crippen molar-refractivity contribution in [1.29, 1.82) is 0 Å². The summed E-state index contributed by atoms with van der Waals surface area (Å²) in [6, 6.07) is 23.2. The van der Waals surface area contributed by atoms with Gasteiger partial charge in [0, 0.05) is 24.2 Å². The molecule has 3 aliphatic heterocycles. The maximum atomic E-state index is 15.0. The molecule has 0 aromatic heterocycles. The van der Waals surface area contributed by atoms with Crippen LogP contribution in [0.25, 0.3) is 10.4 Å². The first-order valence-corrected chi connectivity index (χ1v) is 33.4. The van der Waals surface area contributed by atoms with E-state index in [9.17, 15) is 24.7 Å². The average molecular weight is 1200 g/mol. The molecule has 3 aromatic rings. The minimum absolute atomic E-state index is 0.00925. The number of carbonyl (C=O) groups excluding carboxylic acids is 4. The van der Waals surface area contributed by atoms with E-state index in [0.717, 1.165) is 11.1 Å². The number of phosphoric ester groups is 1. The number of ether oxygens (including phenoxy) is 8. The quantitative estimate of drug-likeness (QED) is 0.0129. The van der Waals surface area contributed by atoms with E-state index >= 15 is 4.57 Å². The molecular formula is C60H87N4O17PSi. The molecule has 83 heavy (non-hydrogen) atoms. The third kappa shape index (κ3) is 19.7. The van der Waals surface area contributed by atoms with E-state index in [4.69, 9.17) is 55.9 Å². The van der Waals surface area contributed by atoms with Gasteiger partial charge in [-0.15, -0.1) is 0 Å². The molecule has 458 valence electrons. The van der Waals surface area contributed by atoms with Gasteiger partial charge in [0.2, 0.25) is 5.91 Å². The predicted molar refractivity (Wildman–Crippen MR) is 309 cm³/mol. The number of nitrogens with zero attached hydrogens (tertiary/aromatic N) is 3. The Balaban J connectivity index is 1.48. The van der Waals surface area contributed by atoms with E-state index in [0.29, 0.717) is 24.0 Å². The monoisotopic (exact) mass is 1190 g/mol. The van der Waals surface area contributed by atoms with Crippen molar-refractivity contribution in [3.8, 4) is 0 Å². The third-order valence-electron chi connectivity index (χ3n) is 15.6. The lowest BCUT2D eigenvalue weighted by molar-refractivity contribution is -0.301. The normalized spacial score (nSPS) is 25.5. The minimum Gasteiger partial charge on any atom is -0.462 e. The van der Waals surface area contributed by atoms with Crippen LogP contribution in [0.4, 0.5) is 0 Å². The largest absolute Gasteiger partial charge is 0.475 e. The SMILES string of the molecule is CCC(=O)O[C@H](CC)CC(=O)NC1[C@H](OCC2OC(O[Si](C)(C)C(C)(C)C)C(N=[N+]=[N-])[C@@H](OC(=O)C[C@H](C)CC)[C@H]2OCc2ccccc2)OC(COCc2ccccc2)[C@@H](OP2(=O)OCc3ccccc3CO2)[C@@H]1OC(=O)C[C@H](C)CC. The van der Waals surface area contributed by atoms with Gasteiger partial charge in [0.1, 0.15) is 48.7 Å². The van der Waals surface area contributed by atoms with E-state index in [1.165, 1.54) is 0 Å². The van der Waals surface area contributed by atoms with Gasteiger partial charge < -0.3 is 47.6 Å². The van der Waals surface area contributed by atoms with Crippen LogP contribution < -0.4 is 5.32 Å². The van der Waals surface area contributed by atoms with Crippen molar-refractivity contribution in [2.24, 2.45) is 17.0 Å². The van der Waals surface area contributed by atoms with E-state index in [1.54, 1.807) is 13.8 Å². The van der Waals surface area contributed by atoms with Gasteiger partial charge >= 0.3 is 25.7 Å². The number of fused-ring (bicyclic) bond motifs is 1. The molecule has 1 amide bonds. The van der Waals surface area contributed by atoms with E-state index < -0.39 is 114 Å². The molecule has 0 aliphatic carbocycles. The maximum absolute atomic E-state index is 15.0. The maximum Gasteiger partial charge on any atom is 0.475 e. The third-order valence-corrected chi connectivity index (χ3v) is 21.5. The summed E-state index contributed by atoms with van der Waals surface area (Å²) in [6.07, 6.45) is -10.5. The second-order valence-corrected chi connectivity index (χ2v) is 29.5. The Morgan fingerprint density at radius 1 is 0.699 bits per heavy atom. The molecule has 0 saturated carbocycles. The highest BCUT2D eigenvalue weighted by molar-refractivity contribution is 7.48. The Morgan fingerprint density at radius 2 is 1.24 bits per heavy atom. The molecule has 0 bridgehead atoms. The molecule has 5 unspecified atom stereocenters. The number of hydrogen-bond donors (Lipinski definition) is 1. The zero-order valence-corrected chi connectivity index (χ0v) is 51.9. The Labute approximate surface area is 490 Å². The Kier molecular flexibility index (Phi) is 25.8. The zero-order chi connectivity index (χ0) is 60.3. The molecule has 2 fully saturated rings. The van der Waals surface area contributed by atoms with Crippen LogP contribution >= 0.6 is 7.82 Å².